The average Bonchev–Trinajstić information content (AvgIpc) is 2.48. The first-order chi connectivity index (χ1) is 6.91. The van der Waals surface area contributed by atoms with Crippen LogP contribution in [0.1, 0.15) is 19.3 Å². The topological polar surface area (TPSA) is 0 Å². The molecule has 2 aliphatic carbocycles. The summed E-state index contributed by atoms with van der Waals surface area (Å²) in [5, 5.41) is -2.48. The van der Waals surface area contributed by atoms with Crippen molar-refractivity contribution >= 4 is 39.2 Å². The first kappa shape index (κ1) is 13.2. The fraction of sp³-hybridized carbons (Fsp3) is 1.00. The van der Waals surface area contributed by atoms with Crippen molar-refractivity contribution < 1.29 is 22.0 Å². The van der Waals surface area contributed by atoms with E-state index in [-0.39, 0.29) is 0 Å². The van der Waals surface area contributed by atoms with Crippen molar-refractivity contribution in [1.29, 1.82) is 0 Å². The summed E-state index contributed by atoms with van der Waals surface area (Å²) in [6.07, 6.45) is -2.26. The van der Waals surface area contributed by atoms with Gasteiger partial charge in [-0.15, -0.1) is 33.2 Å². The predicted molar refractivity (Wildman–Crippen MR) is 53.6 cm³/mol. The molecule has 0 aliphatic heterocycles. The van der Waals surface area contributed by atoms with Crippen molar-refractivity contribution in [1.82, 2.24) is 0 Å². The minimum atomic E-state index is -4.75. The summed E-state index contributed by atoms with van der Waals surface area (Å²) in [6.45, 7) is 0. The van der Waals surface area contributed by atoms with Crippen LogP contribution in [0.2, 0.25) is 5.04 Å². The molecule has 0 radical (unpaired) electrons. The van der Waals surface area contributed by atoms with Crippen molar-refractivity contribution in [3.8, 4) is 0 Å². The highest BCUT2D eigenvalue weighted by Gasteiger charge is 2.91. The molecular weight excluding hydrogens is 314 g/mol. The normalized spacial score (nSPS) is 45.0. The van der Waals surface area contributed by atoms with Crippen LogP contribution in [0.5, 0.6) is 0 Å². The van der Waals surface area contributed by atoms with Gasteiger partial charge in [-0.1, -0.05) is 0 Å². The molecule has 0 heterocycles. The number of alkyl halides is 5. The van der Waals surface area contributed by atoms with E-state index in [1.807, 2.05) is 0 Å². The molecule has 2 aliphatic rings. The molecule has 0 aromatic carbocycles. The molecular formula is C7H6Cl3F5Si. The first-order valence-electron chi connectivity index (χ1n) is 4.43. The lowest BCUT2D eigenvalue weighted by Crippen LogP contribution is -2.57. The Labute approximate surface area is 103 Å². The quantitative estimate of drug-likeness (QED) is 0.378. The second-order valence-corrected chi connectivity index (χ2v) is 13.2. The van der Waals surface area contributed by atoms with E-state index in [2.05, 4.69) is 0 Å². The highest BCUT2D eigenvalue weighted by molar-refractivity contribution is 7.65. The lowest BCUT2D eigenvalue weighted by Gasteiger charge is -2.41. The van der Waals surface area contributed by atoms with Crippen LogP contribution >= 0.6 is 33.2 Å². The van der Waals surface area contributed by atoms with Gasteiger partial charge in [0.05, 0.1) is 5.04 Å². The second kappa shape index (κ2) is 3.00. The third kappa shape index (κ3) is 1.12. The van der Waals surface area contributed by atoms with Gasteiger partial charge in [-0.2, -0.15) is 17.6 Å². The maximum Gasteiger partial charge on any atom is 0.353 e. The number of rotatable bonds is 1. The third-order valence-corrected chi connectivity index (χ3v) is 8.71. The molecule has 0 nitrogen and oxygen atoms in total. The minimum absolute atomic E-state index is 0.505. The van der Waals surface area contributed by atoms with Crippen molar-refractivity contribution in [3.63, 3.8) is 0 Å². The zero-order valence-electron chi connectivity index (χ0n) is 7.65. The number of halogens is 8. The fourth-order valence-corrected chi connectivity index (χ4v) is 6.53. The van der Waals surface area contributed by atoms with Crippen LogP contribution in [0, 0.1) is 0 Å². The Morgan fingerprint density at radius 3 is 1.56 bits per heavy atom. The maximum atomic E-state index is 13.7. The lowest BCUT2D eigenvalue weighted by molar-refractivity contribution is -0.259. The van der Waals surface area contributed by atoms with E-state index < -0.39 is 47.8 Å². The van der Waals surface area contributed by atoms with E-state index in [1.54, 1.807) is 0 Å². The molecule has 0 aromatic rings. The fourth-order valence-electron chi connectivity index (χ4n) is 2.60. The van der Waals surface area contributed by atoms with E-state index >= 15 is 0 Å². The van der Waals surface area contributed by atoms with Crippen LogP contribution < -0.4 is 0 Å². The Hall–Kier alpha value is 0.737. The Balaban J connectivity index is 2.61. The van der Waals surface area contributed by atoms with Gasteiger partial charge in [0.25, 0.3) is 0 Å². The number of fused-ring (bicyclic) bond motifs is 2. The molecule has 0 N–H and O–H groups in total. The molecule has 0 amide bonds. The maximum absolute atomic E-state index is 13.7. The summed E-state index contributed by atoms with van der Waals surface area (Å²) in [5.41, 5.74) is -3.24. The Bertz CT molecular complexity index is 343. The number of hydrogen-bond donors (Lipinski definition) is 0. The Morgan fingerprint density at radius 2 is 1.31 bits per heavy atom. The molecule has 0 saturated heterocycles. The van der Waals surface area contributed by atoms with Crippen molar-refractivity contribution in [3.05, 3.63) is 0 Å². The standard InChI is InChI=1S/C7H6Cl3F5Si/c8-16(9,10)5-2-1-4(11,3-5)6(12,13)7(5,14)15/h1-3H2. The summed E-state index contributed by atoms with van der Waals surface area (Å²) in [6, 6.07) is -4.16. The van der Waals surface area contributed by atoms with Crippen molar-refractivity contribution in [2.75, 3.05) is 0 Å². The predicted octanol–water partition coefficient (Wildman–Crippen LogP) is 4.56. The number of hydrogen-bond acceptors (Lipinski definition) is 0. The van der Waals surface area contributed by atoms with Gasteiger partial charge in [0, 0.05) is 6.42 Å². The smallest absolute Gasteiger partial charge is 0.237 e. The van der Waals surface area contributed by atoms with Crippen LogP contribution in [-0.4, -0.2) is 23.5 Å². The average molecular weight is 320 g/mol. The molecule has 2 saturated carbocycles. The molecule has 2 bridgehead atoms. The van der Waals surface area contributed by atoms with Crippen LogP contribution in [0.25, 0.3) is 0 Å². The molecule has 16 heavy (non-hydrogen) atoms. The van der Waals surface area contributed by atoms with Gasteiger partial charge in [0.1, 0.15) is 0 Å². The highest BCUT2D eigenvalue weighted by atomic mass is 35.8. The van der Waals surface area contributed by atoms with Crippen molar-refractivity contribution in [2.24, 2.45) is 0 Å². The van der Waals surface area contributed by atoms with Gasteiger partial charge >= 0.3 is 17.8 Å². The van der Waals surface area contributed by atoms with Gasteiger partial charge in [0.2, 0.25) is 0 Å². The largest absolute Gasteiger partial charge is 0.353 e. The Morgan fingerprint density at radius 1 is 0.812 bits per heavy atom. The highest BCUT2D eigenvalue weighted by Crippen LogP contribution is 2.80. The summed E-state index contributed by atoms with van der Waals surface area (Å²) >= 11 is 16.5. The van der Waals surface area contributed by atoms with E-state index in [4.69, 9.17) is 33.2 Å². The van der Waals surface area contributed by atoms with Gasteiger partial charge in [-0.05, 0) is 12.8 Å². The molecule has 2 rings (SSSR count). The molecule has 2 fully saturated rings. The zero-order chi connectivity index (χ0) is 12.6. The first-order valence-corrected chi connectivity index (χ1v) is 9.46. The molecule has 0 aromatic heterocycles. The molecule has 94 valence electrons. The van der Waals surface area contributed by atoms with E-state index in [1.165, 1.54) is 0 Å². The second-order valence-electron chi connectivity index (χ2n) is 4.37. The zero-order valence-corrected chi connectivity index (χ0v) is 10.9. The monoisotopic (exact) mass is 318 g/mol. The van der Waals surface area contributed by atoms with Gasteiger partial charge in [-0.3, -0.25) is 0 Å². The lowest BCUT2D eigenvalue weighted by atomic mass is 9.90. The summed E-state index contributed by atoms with van der Waals surface area (Å²) in [4.78, 5) is 0. The van der Waals surface area contributed by atoms with Gasteiger partial charge < -0.3 is 0 Å². The molecule has 2 atom stereocenters. The van der Waals surface area contributed by atoms with E-state index in [9.17, 15) is 22.0 Å². The van der Waals surface area contributed by atoms with Crippen LogP contribution in [-0.2, 0) is 0 Å². The van der Waals surface area contributed by atoms with Crippen LogP contribution in [0.3, 0.4) is 0 Å². The molecule has 0 spiro atoms. The summed E-state index contributed by atoms with van der Waals surface area (Å²) in [7, 11) is 0. The van der Waals surface area contributed by atoms with Crippen LogP contribution in [0.4, 0.5) is 22.0 Å². The molecule has 2 unspecified atom stereocenters. The third-order valence-electron chi connectivity index (χ3n) is 3.63. The van der Waals surface area contributed by atoms with Crippen LogP contribution in [0.15, 0.2) is 0 Å². The SMILES string of the molecule is FC12CCC([Si](Cl)(Cl)Cl)(C1)C(F)(F)C2(F)F. The van der Waals surface area contributed by atoms with E-state index in [0.29, 0.717) is 0 Å². The van der Waals surface area contributed by atoms with Gasteiger partial charge in [0.15, 0.2) is 5.67 Å². The minimum Gasteiger partial charge on any atom is -0.237 e. The Kier molecular flexibility index (Phi) is 2.47. The van der Waals surface area contributed by atoms with E-state index in [0.717, 1.165) is 0 Å². The van der Waals surface area contributed by atoms with Crippen molar-refractivity contribution in [2.45, 2.75) is 41.8 Å². The molecule has 9 heteroatoms. The summed E-state index contributed by atoms with van der Waals surface area (Å²) < 4.78 is 67.6. The summed E-state index contributed by atoms with van der Waals surface area (Å²) in [5.74, 6) is -9.35. The van der Waals surface area contributed by atoms with Gasteiger partial charge in [-0.25, -0.2) is 4.39 Å².